The van der Waals surface area contributed by atoms with Gasteiger partial charge in [0.2, 0.25) is 0 Å². The van der Waals surface area contributed by atoms with Gasteiger partial charge in [-0.25, -0.2) is 0 Å². The molecule has 1 aromatic heterocycles. The molecule has 0 aromatic carbocycles. The molecule has 2 rings (SSSR count). The topological polar surface area (TPSA) is 28.2 Å². The molecule has 0 saturated carbocycles. The lowest BCUT2D eigenvalue weighted by Gasteiger charge is -2.49. The Kier molecular flexibility index (Phi) is 3.98. The molecule has 1 aliphatic heterocycles. The van der Waals surface area contributed by atoms with Crippen LogP contribution >= 0.6 is 0 Å². The highest BCUT2D eigenvalue weighted by Gasteiger charge is 2.38. The van der Waals surface area contributed by atoms with Gasteiger partial charge in [0, 0.05) is 37.4 Å². The van der Waals surface area contributed by atoms with Gasteiger partial charge in [0.1, 0.15) is 0 Å². The highest BCUT2D eigenvalue weighted by molar-refractivity contribution is 5.06. The van der Waals surface area contributed by atoms with Crippen LogP contribution in [0.1, 0.15) is 40.3 Å². The highest BCUT2D eigenvalue weighted by Crippen LogP contribution is 2.28. The van der Waals surface area contributed by atoms with Crippen LogP contribution in [-0.4, -0.2) is 34.6 Å². The van der Waals surface area contributed by atoms with Crippen LogP contribution in [0.25, 0.3) is 0 Å². The van der Waals surface area contributed by atoms with Crippen molar-refractivity contribution >= 4 is 0 Å². The number of rotatable bonds is 2. The molecular weight excluding hydrogens is 234 g/mol. The van der Waals surface area contributed by atoms with E-state index in [-0.39, 0.29) is 5.54 Å². The van der Waals surface area contributed by atoms with Crippen molar-refractivity contribution in [2.45, 2.75) is 52.7 Å². The molecule has 1 saturated heterocycles. The van der Waals surface area contributed by atoms with E-state index in [0.29, 0.717) is 11.5 Å². The molecule has 0 bridgehead atoms. The molecule has 3 heteroatoms. The van der Waals surface area contributed by atoms with E-state index < -0.39 is 0 Å². The first-order valence-corrected chi connectivity index (χ1v) is 7.17. The smallest absolute Gasteiger partial charge is 0.0544 e. The van der Waals surface area contributed by atoms with Crippen LogP contribution in [0, 0.1) is 5.41 Å². The van der Waals surface area contributed by atoms with E-state index in [2.05, 4.69) is 62.0 Å². The van der Waals surface area contributed by atoms with Gasteiger partial charge in [-0.1, -0.05) is 26.8 Å². The first-order chi connectivity index (χ1) is 8.79. The van der Waals surface area contributed by atoms with Gasteiger partial charge >= 0.3 is 0 Å². The predicted molar refractivity (Wildman–Crippen MR) is 80.0 cm³/mol. The maximum absolute atomic E-state index is 4.46. The second-order valence-corrected chi connectivity index (χ2v) is 7.31. The molecule has 106 valence electrons. The van der Waals surface area contributed by atoms with Crippen LogP contribution in [-0.2, 0) is 6.54 Å². The first-order valence-electron chi connectivity index (χ1n) is 7.17. The van der Waals surface area contributed by atoms with Gasteiger partial charge in [0.05, 0.1) is 5.69 Å². The molecule has 1 atom stereocenters. The standard InChI is InChI=1S/C16H27N3/c1-15(2,3)14-11-19(16(4,5)12-18-14)10-13-8-6-7-9-17-13/h6-9,14,18H,10-12H2,1-5H3. The number of hydrogen-bond donors (Lipinski definition) is 1. The summed E-state index contributed by atoms with van der Waals surface area (Å²) in [7, 11) is 0. The van der Waals surface area contributed by atoms with Crippen LogP contribution < -0.4 is 5.32 Å². The fraction of sp³-hybridized carbons (Fsp3) is 0.688. The van der Waals surface area contributed by atoms with Crippen LogP contribution in [0.15, 0.2) is 24.4 Å². The maximum Gasteiger partial charge on any atom is 0.0544 e. The van der Waals surface area contributed by atoms with Gasteiger partial charge in [-0.05, 0) is 31.4 Å². The van der Waals surface area contributed by atoms with Gasteiger partial charge < -0.3 is 5.32 Å². The summed E-state index contributed by atoms with van der Waals surface area (Å²) in [5.74, 6) is 0. The van der Waals surface area contributed by atoms with E-state index >= 15 is 0 Å². The molecule has 0 amide bonds. The van der Waals surface area contributed by atoms with Gasteiger partial charge in [-0.15, -0.1) is 0 Å². The first kappa shape index (κ1) is 14.5. The number of pyridine rings is 1. The van der Waals surface area contributed by atoms with Crippen molar-refractivity contribution in [3.05, 3.63) is 30.1 Å². The Morgan fingerprint density at radius 1 is 1.37 bits per heavy atom. The summed E-state index contributed by atoms with van der Waals surface area (Å²) in [5.41, 5.74) is 1.63. The third-order valence-electron chi connectivity index (χ3n) is 4.16. The van der Waals surface area contributed by atoms with Crippen molar-refractivity contribution in [1.82, 2.24) is 15.2 Å². The quantitative estimate of drug-likeness (QED) is 0.887. The molecule has 1 unspecified atom stereocenters. The van der Waals surface area contributed by atoms with Crippen molar-refractivity contribution in [3.63, 3.8) is 0 Å². The number of aromatic nitrogens is 1. The zero-order valence-corrected chi connectivity index (χ0v) is 12.9. The van der Waals surface area contributed by atoms with Crippen LogP contribution in [0.4, 0.5) is 0 Å². The predicted octanol–water partition coefficient (Wildman–Crippen LogP) is 2.68. The monoisotopic (exact) mass is 261 g/mol. The summed E-state index contributed by atoms with van der Waals surface area (Å²) in [6.45, 7) is 14.6. The summed E-state index contributed by atoms with van der Waals surface area (Å²) in [6, 6.07) is 6.69. The Labute approximate surface area is 117 Å². The van der Waals surface area contributed by atoms with E-state index in [9.17, 15) is 0 Å². The molecule has 1 fully saturated rings. The second-order valence-electron chi connectivity index (χ2n) is 7.31. The van der Waals surface area contributed by atoms with Crippen LogP contribution in [0.3, 0.4) is 0 Å². The van der Waals surface area contributed by atoms with Gasteiger partial charge in [0.25, 0.3) is 0 Å². The van der Waals surface area contributed by atoms with Crippen molar-refractivity contribution in [2.75, 3.05) is 13.1 Å². The lowest BCUT2D eigenvalue weighted by molar-refractivity contribution is 0.0286. The minimum atomic E-state index is 0.180. The van der Waals surface area contributed by atoms with Crippen molar-refractivity contribution in [1.29, 1.82) is 0 Å². The third-order valence-corrected chi connectivity index (χ3v) is 4.16. The second kappa shape index (κ2) is 5.22. The molecule has 0 aliphatic carbocycles. The molecule has 1 aliphatic rings. The number of nitrogens with zero attached hydrogens (tertiary/aromatic N) is 2. The summed E-state index contributed by atoms with van der Waals surface area (Å²) >= 11 is 0. The SMILES string of the molecule is CC(C)(C)C1CN(Cc2ccccn2)C(C)(C)CN1. The Balaban J connectivity index is 2.11. The fourth-order valence-electron chi connectivity index (χ4n) is 2.56. The zero-order valence-electron chi connectivity index (χ0n) is 12.9. The Morgan fingerprint density at radius 3 is 2.68 bits per heavy atom. The minimum Gasteiger partial charge on any atom is -0.310 e. The average molecular weight is 261 g/mol. The van der Waals surface area contributed by atoms with Gasteiger partial charge in [0.15, 0.2) is 0 Å². The molecular formula is C16H27N3. The highest BCUT2D eigenvalue weighted by atomic mass is 15.3. The summed E-state index contributed by atoms with van der Waals surface area (Å²) in [4.78, 5) is 7.02. The van der Waals surface area contributed by atoms with E-state index in [1.165, 1.54) is 0 Å². The molecule has 0 spiro atoms. The summed E-state index contributed by atoms with van der Waals surface area (Å²) in [5, 5.41) is 3.70. The molecule has 3 nitrogen and oxygen atoms in total. The van der Waals surface area contributed by atoms with Crippen molar-refractivity contribution < 1.29 is 0 Å². The van der Waals surface area contributed by atoms with Crippen LogP contribution in [0.2, 0.25) is 0 Å². The average Bonchev–Trinajstić information content (AvgIpc) is 2.31. The Hall–Kier alpha value is -0.930. The lowest BCUT2D eigenvalue weighted by atomic mass is 9.83. The molecule has 1 N–H and O–H groups in total. The minimum absolute atomic E-state index is 0.180. The molecule has 0 radical (unpaired) electrons. The Morgan fingerprint density at radius 2 is 2.11 bits per heavy atom. The third kappa shape index (κ3) is 3.54. The maximum atomic E-state index is 4.46. The van der Waals surface area contributed by atoms with E-state index in [1.54, 1.807) is 0 Å². The van der Waals surface area contributed by atoms with E-state index in [1.807, 2.05) is 12.3 Å². The van der Waals surface area contributed by atoms with E-state index in [4.69, 9.17) is 0 Å². The van der Waals surface area contributed by atoms with Crippen molar-refractivity contribution in [2.24, 2.45) is 5.41 Å². The van der Waals surface area contributed by atoms with Gasteiger partial charge in [-0.3, -0.25) is 9.88 Å². The fourth-order valence-corrected chi connectivity index (χ4v) is 2.56. The summed E-state index contributed by atoms with van der Waals surface area (Å²) < 4.78 is 0. The van der Waals surface area contributed by atoms with E-state index in [0.717, 1.165) is 25.3 Å². The van der Waals surface area contributed by atoms with Crippen LogP contribution in [0.5, 0.6) is 0 Å². The normalized spacial score (nSPS) is 24.4. The van der Waals surface area contributed by atoms with Crippen molar-refractivity contribution in [3.8, 4) is 0 Å². The molecule has 1 aromatic rings. The number of piperazine rings is 1. The summed E-state index contributed by atoms with van der Waals surface area (Å²) in [6.07, 6.45) is 1.88. The molecule has 19 heavy (non-hydrogen) atoms. The molecule has 2 heterocycles. The lowest BCUT2D eigenvalue weighted by Crippen LogP contribution is -2.64. The number of hydrogen-bond acceptors (Lipinski definition) is 3. The Bertz CT molecular complexity index is 406. The zero-order chi connectivity index (χ0) is 14.1. The number of nitrogens with one attached hydrogen (secondary N) is 1. The largest absolute Gasteiger partial charge is 0.310 e. The van der Waals surface area contributed by atoms with Gasteiger partial charge in [-0.2, -0.15) is 0 Å².